The van der Waals surface area contributed by atoms with Gasteiger partial charge in [0.25, 0.3) is 0 Å². The number of rotatable bonds is 3. The van der Waals surface area contributed by atoms with Gasteiger partial charge in [-0.15, -0.1) is 10.2 Å². The van der Waals surface area contributed by atoms with Crippen molar-refractivity contribution in [3.05, 3.63) is 58.9 Å². The van der Waals surface area contributed by atoms with Gasteiger partial charge in [0, 0.05) is 67.3 Å². The number of nitrogens with zero attached hydrogens (tertiary/aromatic N) is 7. The summed E-state index contributed by atoms with van der Waals surface area (Å²) in [5, 5.41) is 19.7. The molecule has 2 aliphatic heterocycles. The molecule has 1 N–H and O–H groups in total. The molecule has 7 rings (SSSR count). The van der Waals surface area contributed by atoms with Gasteiger partial charge in [-0.25, -0.2) is 9.97 Å². The van der Waals surface area contributed by atoms with E-state index < -0.39 is 17.8 Å². The first kappa shape index (κ1) is 23.4. The van der Waals surface area contributed by atoms with Crippen LogP contribution in [-0.4, -0.2) is 65.6 Å². The molecule has 0 bridgehead atoms. The molecule has 4 heterocycles. The molecule has 1 aromatic carbocycles. The zero-order valence-corrected chi connectivity index (χ0v) is 20.6. The molecule has 1 spiro atoms. The molecule has 0 amide bonds. The Morgan fingerprint density at radius 1 is 1.00 bits per heavy atom. The first-order valence-corrected chi connectivity index (χ1v) is 12.8. The molecular formula is C25H25ClF3N7O. The number of benzene rings is 1. The van der Waals surface area contributed by atoms with Gasteiger partial charge in [0.1, 0.15) is 5.82 Å². The van der Waals surface area contributed by atoms with Crippen LogP contribution >= 0.6 is 11.6 Å². The lowest BCUT2D eigenvalue weighted by Crippen LogP contribution is -2.62. The van der Waals surface area contributed by atoms with Crippen LogP contribution < -0.4 is 4.90 Å². The predicted molar refractivity (Wildman–Crippen MR) is 128 cm³/mol. The van der Waals surface area contributed by atoms with Gasteiger partial charge in [-0.1, -0.05) is 11.6 Å². The van der Waals surface area contributed by atoms with Crippen molar-refractivity contribution in [3.8, 4) is 5.69 Å². The minimum absolute atomic E-state index is 0.226. The normalized spacial score (nSPS) is 27.1. The topological polar surface area (TPSA) is 83.2 Å². The molecule has 2 aromatic heterocycles. The standard InChI is InChI=1S/C25H25ClF3N7O/c26-17-2-3-19-15(6-17)11-34(18-9-24(37,10-18)25(27,28)29)12-20-32-33-21(36(19)20)16-7-23(8-16)13-35(14-23)22-30-4-1-5-31-22/h1-6,16,18,37H,7-14H2. The molecule has 8 nitrogen and oxygen atoms in total. The molecule has 0 atom stereocenters. The van der Waals surface area contributed by atoms with E-state index >= 15 is 0 Å². The Hall–Kier alpha value is -2.76. The summed E-state index contributed by atoms with van der Waals surface area (Å²) in [6.07, 6.45) is 0.157. The molecule has 37 heavy (non-hydrogen) atoms. The van der Waals surface area contributed by atoms with Crippen molar-refractivity contribution in [2.24, 2.45) is 5.41 Å². The molecule has 0 radical (unpaired) electrons. The van der Waals surface area contributed by atoms with Gasteiger partial charge in [0.2, 0.25) is 5.95 Å². The van der Waals surface area contributed by atoms with Crippen molar-refractivity contribution in [3.63, 3.8) is 0 Å². The highest BCUT2D eigenvalue weighted by Crippen LogP contribution is 2.56. The Bertz CT molecular complexity index is 1340. The molecule has 194 valence electrons. The SMILES string of the molecule is OC1(C(F)(F)F)CC(N2Cc3cc(Cl)ccc3-n3c(nnc3C3CC4(C3)CN(c3ncccn3)C4)C2)C1. The molecule has 2 aliphatic carbocycles. The fourth-order valence-corrected chi connectivity index (χ4v) is 6.76. The van der Waals surface area contributed by atoms with Crippen molar-refractivity contribution in [1.29, 1.82) is 0 Å². The van der Waals surface area contributed by atoms with E-state index in [0.717, 1.165) is 49.0 Å². The third-order valence-electron chi connectivity index (χ3n) is 8.56. The van der Waals surface area contributed by atoms with Crippen LogP contribution in [-0.2, 0) is 13.1 Å². The predicted octanol–water partition coefficient (Wildman–Crippen LogP) is 3.87. The summed E-state index contributed by atoms with van der Waals surface area (Å²) in [4.78, 5) is 12.8. The molecule has 3 aromatic rings. The van der Waals surface area contributed by atoms with Gasteiger partial charge in [-0.3, -0.25) is 9.47 Å². The average molecular weight is 532 g/mol. The third kappa shape index (κ3) is 3.65. The average Bonchev–Trinajstić information content (AvgIpc) is 3.10. The van der Waals surface area contributed by atoms with Gasteiger partial charge in [0.05, 0.1) is 12.2 Å². The van der Waals surface area contributed by atoms with Crippen molar-refractivity contribution in [2.45, 2.75) is 62.5 Å². The molecule has 2 saturated carbocycles. The second-order valence-corrected chi connectivity index (χ2v) is 11.5. The first-order chi connectivity index (χ1) is 17.6. The molecule has 12 heteroatoms. The summed E-state index contributed by atoms with van der Waals surface area (Å²) in [5.41, 5.74) is -0.563. The maximum atomic E-state index is 13.3. The third-order valence-corrected chi connectivity index (χ3v) is 8.79. The largest absolute Gasteiger partial charge is 0.417 e. The van der Waals surface area contributed by atoms with Gasteiger partial charge in [0.15, 0.2) is 11.4 Å². The number of hydrogen-bond acceptors (Lipinski definition) is 7. The highest BCUT2D eigenvalue weighted by Gasteiger charge is 2.62. The van der Waals surface area contributed by atoms with Crippen molar-refractivity contribution < 1.29 is 18.3 Å². The smallest absolute Gasteiger partial charge is 0.380 e. The zero-order chi connectivity index (χ0) is 25.6. The van der Waals surface area contributed by atoms with Gasteiger partial charge >= 0.3 is 6.18 Å². The first-order valence-electron chi connectivity index (χ1n) is 12.4. The lowest BCUT2D eigenvalue weighted by atomic mass is 9.57. The maximum Gasteiger partial charge on any atom is 0.417 e. The van der Waals surface area contributed by atoms with E-state index in [1.165, 1.54) is 0 Å². The van der Waals surface area contributed by atoms with Crippen molar-refractivity contribution in [2.75, 3.05) is 18.0 Å². The van der Waals surface area contributed by atoms with Crippen LogP contribution in [0.25, 0.3) is 5.69 Å². The summed E-state index contributed by atoms with van der Waals surface area (Å²) in [5.74, 6) is 2.59. The lowest BCUT2D eigenvalue weighted by Gasteiger charge is -2.58. The fourth-order valence-electron chi connectivity index (χ4n) is 6.57. The van der Waals surface area contributed by atoms with Crippen LogP contribution in [0.4, 0.5) is 19.1 Å². The Balaban J connectivity index is 1.13. The summed E-state index contributed by atoms with van der Waals surface area (Å²) in [7, 11) is 0. The molecule has 0 unspecified atom stereocenters. The summed E-state index contributed by atoms with van der Waals surface area (Å²) < 4.78 is 41.9. The number of fused-ring (bicyclic) bond motifs is 3. The number of halogens is 4. The molecule has 3 fully saturated rings. The van der Waals surface area contributed by atoms with Gasteiger partial charge < -0.3 is 10.0 Å². The quantitative estimate of drug-likeness (QED) is 0.549. The van der Waals surface area contributed by atoms with Crippen LogP contribution in [0.1, 0.15) is 48.8 Å². The van der Waals surface area contributed by atoms with Crippen LogP contribution in [0.2, 0.25) is 5.02 Å². The minimum atomic E-state index is -4.63. The van der Waals surface area contributed by atoms with E-state index in [4.69, 9.17) is 11.6 Å². The molecule has 4 aliphatic rings. The summed E-state index contributed by atoms with van der Waals surface area (Å²) in [6.45, 7) is 2.61. The zero-order valence-electron chi connectivity index (χ0n) is 19.9. The summed E-state index contributed by atoms with van der Waals surface area (Å²) in [6, 6.07) is 7.03. The highest BCUT2D eigenvalue weighted by atomic mass is 35.5. The Morgan fingerprint density at radius 3 is 2.43 bits per heavy atom. The van der Waals surface area contributed by atoms with Crippen LogP contribution in [0, 0.1) is 5.41 Å². The monoisotopic (exact) mass is 531 g/mol. The van der Waals surface area contributed by atoms with E-state index in [0.29, 0.717) is 23.9 Å². The van der Waals surface area contributed by atoms with Crippen LogP contribution in [0.15, 0.2) is 36.7 Å². The van der Waals surface area contributed by atoms with Crippen molar-refractivity contribution in [1.82, 2.24) is 29.6 Å². The number of anilines is 1. The van der Waals surface area contributed by atoms with E-state index in [1.54, 1.807) is 12.4 Å². The van der Waals surface area contributed by atoms with Gasteiger partial charge in [-0.05, 0) is 42.7 Å². The Labute approximate surface area is 216 Å². The lowest BCUT2D eigenvalue weighted by molar-refractivity contribution is -0.300. The van der Waals surface area contributed by atoms with Crippen molar-refractivity contribution >= 4 is 17.5 Å². The molecular weight excluding hydrogens is 507 g/mol. The van der Waals surface area contributed by atoms with Crippen LogP contribution in [0.3, 0.4) is 0 Å². The number of alkyl halides is 3. The van der Waals surface area contributed by atoms with Crippen LogP contribution in [0.5, 0.6) is 0 Å². The highest BCUT2D eigenvalue weighted by molar-refractivity contribution is 6.30. The Kier molecular flexibility index (Phi) is 4.97. The summed E-state index contributed by atoms with van der Waals surface area (Å²) >= 11 is 6.32. The van der Waals surface area contributed by atoms with E-state index in [1.807, 2.05) is 29.2 Å². The second-order valence-electron chi connectivity index (χ2n) is 11.1. The fraction of sp³-hybridized carbons (Fsp3) is 0.520. The number of aromatic nitrogens is 5. The second kappa shape index (κ2) is 7.87. The van der Waals surface area contributed by atoms with Gasteiger partial charge in [-0.2, -0.15) is 13.2 Å². The maximum absolute atomic E-state index is 13.3. The Morgan fingerprint density at radius 2 is 1.73 bits per heavy atom. The number of aliphatic hydroxyl groups is 1. The van der Waals surface area contributed by atoms with E-state index in [-0.39, 0.29) is 24.2 Å². The minimum Gasteiger partial charge on any atom is -0.380 e. The molecule has 1 saturated heterocycles. The van der Waals surface area contributed by atoms with E-state index in [2.05, 4.69) is 29.6 Å². The number of hydrogen-bond donors (Lipinski definition) is 1. The van der Waals surface area contributed by atoms with E-state index in [9.17, 15) is 18.3 Å².